The third-order valence-corrected chi connectivity index (χ3v) is 6.67. The zero-order valence-electron chi connectivity index (χ0n) is 20.7. The third-order valence-electron chi connectivity index (χ3n) is 6.67. The topological polar surface area (TPSA) is 68.2 Å². The van der Waals surface area contributed by atoms with Crippen LogP contribution in [0, 0.1) is 0 Å². The Morgan fingerprint density at radius 1 is 0.806 bits per heavy atom. The van der Waals surface area contributed by atoms with Crippen LogP contribution in [0.15, 0.2) is 91.0 Å². The van der Waals surface area contributed by atoms with Gasteiger partial charge < -0.3 is 19.3 Å². The molecule has 1 saturated heterocycles. The Morgan fingerprint density at radius 3 is 1.81 bits per heavy atom. The van der Waals surface area contributed by atoms with Gasteiger partial charge in [0, 0.05) is 6.04 Å². The number of likely N-dealkylation sites (tertiary alicyclic amines) is 1. The van der Waals surface area contributed by atoms with Crippen molar-refractivity contribution in [2.75, 3.05) is 6.61 Å². The van der Waals surface area contributed by atoms with Gasteiger partial charge in [-0.05, 0) is 29.5 Å². The number of hydrogen-bond donors (Lipinski definition) is 1. The molecule has 1 aliphatic rings. The average molecular weight is 490 g/mol. The molecule has 0 aromatic heterocycles. The van der Waals surface area contributed by atoms with Crippen LogP contribution >= 0.6 is 0 Å². The van der Waals surface area contributed by atoms with Gasteiger partial charge in [-0.1, -0.05) is 97.9 Å². The number of ether oxygens (including phenoxy) is 3. The summed E-state index contributed by atoms with van der Waals surface area (Å²) in [5.74, 6) is 0. The van der Waals surface area contributed by atoms with E-state index in [4.69, 9.17) is 14.2 Å². The number of rotatable bonds is 10. The quantitative estimate of drug-likeness (QED) is 0.416. The van der Waals surface area contributed by atoms with Gasteiger partial charge in [0.1, 0.15) is 12.7 Å². The van der Waals surface area contributed by atoms with E-state index in [0.717, 1.165) is 16.7 Å². The fourth-order valence-corrected chi connectivity index (χ4v) is 4.75. The summed E-state index contributed by atoms with van der Waals surface area (Å²) in [5, 5.41) is 10.5. The maximum absolute atomic E-state index is 13.3. The van der Waals surface area contributed by atoms with Gasteiger partial charge in [-0.15, -0.1) is 0 Å². The highest BCUT2D eigenvalue weighted by molar-refractivity contribution is 5.69. The first-order valence-electron chi connectivity index (χ1n) is 12.6. The minimum atomic E-state index is -0.587. The monoisotopic (exact) mass is 489 g/mol. The second-order valence-electron chi connectivity index (χ2n) is 9.09. The van der Waals surface area contributed by atoms with Crippen LogP contribution in [0.3, 0.4) is 0 Å². The first-order valence-corrected chi connectivity index (χ1v) is 12.6. The Labute approximate surface area is 213 Å². The lowest BCUT2D eigenvalue weighted by atomic mass is 9.89. The van der Waals surface area contributed by atoms with E-state index in [1.807, 2.05) is 97.9 Å². The molecular formula is C30H35NO5. The normalized spacial score (nSPS) is 21.8. The van der Waals surface area contributed by atoms with Crippen molar-refractivity contribution in [1.29, 1.82) is 0 Å². The Hall–Kier alpha value is -3.19. The summed E-state index contributed by atoms with van der Waals surface area (Å²) in [6, 6.07) is 28.8. The molecule has 0 aliphatic carbocycles. The largest absolute Gasteiger partial charge is 0.445 e. The first kappa shape index (κ1) is 25.9. The van der Waals surface area contributed by atoms with Crippen LogP contribution in [0.1, 0.15) is 36.5 Å². The van der Waals surface area contributed by atoms with Gasteiger partial charge in [0.15, 0.2) is 0 Å². The lowest BCUT2D eigenvalue weighted by molar-refractivity contribution is -0.160. The molecule has 0 saturated carbocycles. The van der Waals surface area contributed by atoms with Crippen molar-refractivity contribution in [3.8, 4) is 0 Å². The highest BCUT2D eigenvalue weighted by Gasteiger charge is 2.46. The molecule has 0 unspecified atom stereocenters. The molecule has 3 aromatic carbocycles. The lowest BCUT2D eigenvalue weighted by Crippen LogP contribution is -2.63. The van der Waals surface area contributed by atoms with E-state index in [9.17, 15) is 9.90 Å². The minimum absolute atomic E-state index is 0.136. The van der Waals surface area contributed by atoms with Gasteiger partial charge in [0.2, 0.25) is 0 Å². The Bertz CT molecular complexity index is 1050. The lowest BCUT2D eigenvalue weighted by Gasteiger charge is -2.48. The summed E-state index contributed by atoms with van der Waals surface area (Å²) in [4.78, 5) is 15.0. The van der Waals surface area contributed by atoms with E-state index in [1.165, 1.54) is 0 Å². The van der Waals surface area contributed by atoms with Crippen LogP contribution in [-0.4, -0.2) is 47.0 Å². The SMILES string of the molecule is CC[C@@H]1C[C@H](OCc2ccccc2)[C@@H](OCc2ccccc2)[C@@H](CO)N1C(=O)OCc1ccccc1. The van der Waals surface area contributed by atoms with Crippen molar-refractivity contribution < 1.29 is 24.1 Å². The number of aliphatic hydroxyl groups is 1. The number of benzene rings is 3. The molecular weight excluding hydrogens is 454 g/mol. The fraction of sp³-hybridized carbons (Fsp3) is 0.367. The van der Waals surface area contributed by atoms with Gasteiger partial charge in [0.05, 0.1) is 32.0 Å². The molecule has 0 radical (unpaired) electrons. The molecule has 6 nitrogen and oxygen atoms in total. The highest BCUT2D eigenvalue weighted by Crippen LogP contribution is 2.32. The van der Waals surface area contributed by atoms with Gasteiger partial charge in [-0.3, -0.25) is 4.90 Å². The Morgan fingerprint density at radius 2 is 1.31 bits per heavy atom. The van der Waals surface area contributed by atoms with Crippen molar-refractivity contribution in [1.82, 2.24) is 4.90 Å². The van der Waals surface area contributed by atoms with Crippen LogP contribution in [0.5, 0.6) is 0 Å². The van der Waals surface area contributed by atoms with E-state index in [0.29, 0.717) is 26.1 Å². The Kier molecular flexibility index (Phi) is 9.50. The predicted molar refractivity (Wildman–Crippen MR) is 138 cm³/mol. The summed E-state index contributed by atoms with van der Waals surface area (Å²) < 4.78 is 18.4. The standard InChI is InChI=1S/C30H35NO5/c1-2-26-18-28(34-20-23-12-6-3-7-13-23)29(35-21-24-14-8-4-9-15-24)27(19-32)31(26)30(33)36-22-25-16-10-5-11-17-25/h3-17,26-29,32H,2,18-22H2,1H3/t26-,27-,28+,29+/m1/s1. The molecule has 1 amide bonds. The summed E-state index contributed by atoms with van der Waals surface area (Å²) in [6.45, 7) is 2.76. The van der Waals surface area contributed by atoms with Crippen molar-refractivity contribution in [3.05, 3.63) is 108 Å². The molecule has 190 valence electrons. The number of amides is 1. The fourth-order valence-electron chi connectivity index (χ4n) is 4.75. The van der Waals surface area contributed by atoms with E-state index < -0.39 is 18.2 Å². The van der Waals surface area contributed by atoms with Gasteiger partial charge in [-0.2, -0.15) is 0 Å². The van der Waals surface area contributed by atoms with Crippen molar-refractivity contribution in [2.24, 2.45) is 0 Å². The van der Waals surface area contributed by atoms with Crippen LogP contribution in [0.2, 0.25) is 0 Å². The number of nitrogens with zero attached hydrogens (tertiary/aromatic N) is 1. The van der Waals surface area contributed by atoms with E-state index >= 15 is 0 Å². The number of carbonyl (C=O) groups is 1. The van der Waals surface area contributed by atoms with Crippen molar-refractivity contribution in [2.45, 2.75) is 63.9 Å². The first-order chi connectivity index (χ1) is 17.7. The predicted octanol–water partition coefficient (Wildman–Crippen LogP) is 5.34. The average Bonchev–Trinajstić information content (AvgIpc) is 2.94. The van der Waals surface area contributed by atoms with Gasteiger partial charge in [-0.25, -0.2) is 4.79 Å². The van der Waals surface area contributed by atoms with Crippen molar-refractivity contribution in [3.63, 3.8) is 0 Å². The number of carbonyl (C=O) groups excluding carboxylic acids is 1. The second-order valence-corrected chi connectivity index (χ2v) is 9.09. The molecule has 1 heterocycles. The number of hydrogen-bond acceptors (Lipinski definition) is 5. The van der Waals surface area contributed by atoms with E-state index in [2.05, 4.69) is 0 Å². The highest BCUT2D eigenvalue weighted by atomic mass is 16.6. The third kappa shape index (κ3) is 6.72. The van der Waals surface area contributed by atoms with E-state index in [1.54, 1.807) is 4.90 Å². The molecule has 36 heavy (non-hydrogen) atoms. The van der Waals surface area contributed by atoms with Crippen LogP contribution < -0.4 is 0 Å². The maximum Gasteiger partial charge on any atom is 0.410 e. The maximum atomic E-state index is 13.3. The minimum Gasteiger partial charge on any atom is -0.445 e. The number of piperidine rings is 1. The molecule has 4 atom stereocenters. The molecule has 1 fully saturated rings. The van der Waals surface area contributed by atoms with Gasteiger partial charge in [0.25, 0.3) is 0 Å². The molecule has 1 N–H and O–H groups in total. The van der Waals surface area contributed by atoms with E-state index in [-0.39, 0.29) is 25.4 Å². The number of aliphatic hydroxyl groups excluding tert-OH is 1. The summed E-state index contributed by atoms with van der Waals surface area (Å²) in [5.41, 5.74) is 3.00. The molecule has 0 bridgehead atoms. The zero-order valence-corrected chi connectivity index (χ0v) is 20.7. The molecule has 3 aromatic rings. The summed E-state index contributed by atoms with van der Waals surface area (Å²) >= 11 is 0. The second kappa shape index (κ2) is 13.2. The zero-order chi connectivity index (χ0) is 25.2. The molecule has 4 rings (SSSR count). The van der Waals surface area contributed by atoms with Crippen LogP contribution in [0.4, 0.5) is 4.79 Å². The smallest absolute Gasteiger partial charge is 0.410 e. The van der Waals surface area contributed by atoms with Gasteiger partial charge >= 0.3 is 6.09 Å². The van der Waals surface area contributed by atoms with Crippen molar-refractivity contribution >= 4 is 6.09 Å². The van der Waals surface area contributed by atoms with Crippen LogP contribution in [0.25, 0.3) is 0 Å². The van der Waals surface area contributed by atoms with Crippen LogP contribution in [-0.2, 0) is 34.0 Å². The summed E-state index contributed by atoms with van der Waals surface area (Å²) in [7, 11) is 0. The summed E-state index contributed by atoms with van der Waals surface area (Å²) in [6.07, 6.45) is 0.0764. The molecule has 1 aliphatic heterocycles. The Balaban J connectivity index is 1.52. The molecule has 0 spiro atoms. The molecule has 6 heteroatoms.